The van der Waals surface area contributed by atoms with Crippen molar-refractivity contribution in [2.75, 3.05) is 14.2 Å². The Hall–Kier alpha value is -3.48. The zero-order valence-corrected chi connectivity index (χ0v) is 13.7. The summed E-state index contributed by atoms with van der Waals surface area (Å²) >= 11 is 0. The van der Waals surface area contributed by atoms with E-state index < -0.39 is 0 Å². The van der Waals surface area contributed by atoms with Gasteiger partial charge in [-0.3, -0.25) is 4.79 Å². The third-order valence-electron chi connectivity index (χ3n) is 3.67. The van der Waals surface area contributed by atoms with Crippen LogP contribution >= 0.6 is 0 Å². The number of methoxy groups -OCH3 is 2. The Morgan fingerprint density at radius 2 is 1.96 bits per heavy atom. The second kappa shape index (κ2) is 6.96. The molecular weight excluding hydrogens is 322 g/mol. The van der Waals surface area contributed by atoms with Crippen LogP contribution in [0.3, 0.4) is 0 Å². The molecule has 0 aliphatic rings. The largest absolute Gasteiger partial charge is 0.504 e. The highest BCUT2D eigenvalue weighted by Crippen LogP contribution is 2.26. The summed E-state index contributed by atoms with van der Waals surface area (Å²) in [6.07, 6.45) is 1.43. The third-order valence-corrected chi connectivity index (χ3v) is 3.67. The van der Waals surface area contributed by atoms with Gasteiger partial charge in [0, 0.05) is 10.9 Å². The van der Waals surface area contributed by atoms with Crippen LogP contribution in [-0.4, -0.2) is 36.4 Å². The highest BCUT2D eigenvalue weighted by molar-refractivity contribution is 6.00. The smallest absolute Gasteiger partial charge is 0.287 e. The van der Waals surface area contributed by atoms with Crippen molar-refractivity contribution in [3.63, 3.8) is 0 Å². The van der Waals surface area contributed by atoms with Gasteiger partial charge in [0.25, 0.3) is 5.91 Å². The first-order valence-electron chi connectivity index (χ1n) is 7.48. The van der Waals surface area contributed by atoms with E-state index in [1.54, 1.807) is 25.3 Å². The second-order valence-electron chi connectivity index (χ2n) is 5.23. The molecule has 0 bridgehead atoms. The number of carbonyl (C=O) groups is 1. The highest BCUT2D eigenvalue weighted by atomic mass is 16.5. The number of hydrazone groups is 1. The first-order valence-corrected chi connectivity index (χ1v) is 7.48. The summed E-state index contributed by atoms with van der Waals surface area (Å²) in [5.74, 6) is 0.672. The Morgan fingerprint density at radius 3 is 2.68 bits per heavy atom. The maximum absolute atomic E-state index is 12.2. The summed E-state index contributed by atoms with van der Waals surface area (Å²) in [6.45, 7) is 0. The Balaban J connectivity index is 1.73. The lowest BCUT2D eigenvalue weighted by molar-refractivity contribution is 0.0951. The number of carbonyl (C=O) groups excluding carboxylic acids is 1. The molecule has 0 aliphatic heterocycles. The van der Waals surface area contributed by atoms with E-state index in [4.69, 9.17) is 9.47 Å². The zero-order valence-electron chi connectivity index (χ0n) is 13.7. The van der Waals surface area contributed by atoms with E-state index in [9.17, 15) is 9.90 Å². The molecular formula is C18H17N3O4. The number of rotatable bonds is 5. The summed E-state index contributed by atoms with van der Waals surface area (Å²) in [7, 11) is 3.05. The van der Waals surface area contributed by atoms with E-state index in [0.717, 1.165) is 10.9 Å². The van der Waals surface area contributed by atoms with Crippen LogP contribution in [-0.2, 0) is 0 Å². The molecule has 0 spiro atoms. The molecule has 3 rings (SSSR count). The molecule has 1 aromatic heterocycles. The molecule has 7 nitrogen and oxygen atoms in total. The summed E-state index contributed by atoms with van der Waals surface area (Å²) in [6, 6.07) is 12.0. The lowest BCUT2D eigenvalue weighted by atomic mass is 10.2. The third kappa shape index (κ3) is 3.40. The van der Waals surface area contributed by atoms with Crippen LogP contribution in [0.5, 0.6) is 17.2 Å². The average molecular weight is 339 g/mol. The van der Waals surface area contributed by atoms with Crippen molar-refractivity contribution in [2.45, 2.75) is 0 Å². The quantitative estimate of drug-likeness (QED) is 0.492. The molecule has 3 aromatic rings. The van der Waals surface area contributed by atoms with Gasteiger partial charge in [-0.1, -0.05) is 6.07 Å². The number of aromatic nitrogens is 1. The molecule has 0 aliphatic carbocycles. The first kappa shape index (κ1) is 16.4. The van der Waals surface area contributed by atoms with E-state index in [-0.39, 0.29) is 11.7 Å². The molecule has 25 heavy (non-hydrogen) atoms. The van der Waals surface area contributed by atoms with Crippen LogP contribution in [0.4, 0.5) is 0 Å². The number of amides is 1. The van der Waals surface area contributed by atoms with Gasteiger partial charge in [0.2, 0.25) is 0 Å². The molecule has 128 valence electrons. The highest BCUT2D eigenvalue weighted by Gasteiger charge is 2.11. The normalized spacial score (nSPS) is 11.0. The first-order chi connectivity index (χ1) is 12.1. The van der Waals surface area contributed by atoms with Crippen molar-refractivity contribution in [1.29, 1.82) is 0 Å². The summed E-state index contributed by atoms with van der Waals surface area (Å²) in [5, 5.41) is 14.4. The van der Waals surface area contributed by atoms with E-state index in [1.807, 2.05) is 18.2 Å². The van der Waals surface area contributed by atoms with Gasteiger partial charge in [-0.05, 0) is 42.0 Å². The fraction of sp³-hybridized carbons (Fsp3) is 0.111. The molecule has 0 saturated heterocycles. The number of aromatic hydroxyl groups is 1. The van der Waals surface area contributed by atoms with E-state index in [1.165, 1.54) is 19.4 Å². The van der Waals surface area contributed by atoms with E-state index >= 15 is 0 Å². The van der Waals surface area contributed by atoms with E-state index in [2.05, 4.69) is 15.5 Å². The molecule has 0 fully saturated rings. The van der Waals surface area contributed by atoms with Crippen molar-refractivity contribution in [1.82, 2.24) is 10.4 Å². The van der Waals surface area contributed by atoms with Crippen LogP contribution in [0.2, 0.25) is 0 Å². The monoisotopic (exact) mass is 339 g/mol. The van der Waals surface area contributed by atoms with Gasteiger partial charge in [-0.25, -0.2) is 5.43 Å². The summed E-state index contributed by atoms with van der Waals surface area (Å²) in [4.78, 5) is 15.2. The average Bonchev–Trinajstić information content (AvgIpc) is 3.06. The molecule has 0 saturated carbocycles. The minimum atomic E-state index is -0.382. The van der Waals surface area contributed by atoms with Gasteiger partial charge < -0.3 is 19.6 Å². The standard InChI is InChI=1S/C18H17N3O4/c1-24-16-5-3-4-13-12(16)9-14(20-13)18(23)21-19-10-11-6-7-17(25-2)15(22)8-11/h3-10,20,22H,1-2H3,(H,21,23). The van der Waals surface area contributed by atoms with Gasteiger partial charge in [-0.15, -0.1) is 0 Å². The van der Waals surface area contributed by atoms with Crippen molar-refractivity contribution in [3.05, 3.63) is 53.7 Å². The maximum Gasteiger partial charge on any atom is 0.287 e. The Bertz CT molecular complexity index is 947. The van der Waals surface area contributed by atoms with Crippen LogP contribution in [0.15, 0.2) is 47.6 Å². The summed E-state index contributed by atoms with van der Waals surface area (Å²) in [5.41, 5.74) is 4.23. The number of fused-ring (bicyclic) bond motifs is 1. The predicted octanol–water partition coefficient (Wildman–Crippen LogP) is 2.65. The number of aromatic amines is 1. The molecule has 1 heterocycles. The SMILES string of the molecule is COc1ccc(C=NNC(=O)c2cc3c(OC)cccc3[nH]2)cc1O. The molecule has 0 radical (unpaired) electrons. The van der Waals surface area contributed by atoms with Crippen molar-refractivity contribution in [3.8, 4) is 17.2 Å². The number of phenols is 1. The Morgan fingerprint density at radius 1 is 1.16 bits per heavy atom. The number of hydrogen-bond donors (Lipinski definition) is 3. The van der Waals surface area contributed by atoms with Gasteiger partial charge in [0.1, 0.15) is 11.4 Å². The van der Waals surface area contributed by atoms with Crippen LogP contribution in [0.25, 0.3) is 10.9 Å². The fourth-order valence-electron chi connectivity index (χ4n) is 2.44. The van der Waals surface area contributed by atoms with E-state index in [0.29, 0.717) is 22.8 Å². The molecule has 2 aromatic carbocycles. The predicted molar refractivity (Wildman–Crippen MR) is 94.6 cm³/mol. The Labute approximate surface area is 143 Å². The number of H-pyrrole nitrogens is 1. The molecule has 1 amide bonds. The van der Waals surface area contributed by atoms with Gasteiger partial charge >= 0.3 is 0 Å². The molecule has 3 N–H and O–H groups in total. The van der Waals surface area contributed by atoms with Crippen LogP contribution in [0.1, 0.15) is 16.1 Å². The van der Waals surface area contributed by atoms with Crippen molar-refractivity contribution in [2.24, 2.45) is 5.10 Å². The topological polar surface area (TPSA) is 95.9 Å². The van der Waals surface area contributed by atoms with Gasteiger partial charge in [-0.2, -0.15) is 5.10 Å². The van der Waals surface area contributed by atoms with Crippen LogP contribution < -0.4 is 14.9 Å². The molecule has 0 unspecified atom stereocenters. The lowest BCUT2D eigenvalue weighted by Gasteiger charge is -2.03. The van der Waals surface area contributed by atoms with Crippen LogP contribution in [0, 0.1) is 0 Å². The zero-order chi connectivity index (χ0) is 17.8. The Kier molecular flexibility index (Phi) is 4.56. The summed E-state index contributed by atoms with van der Waals surface area (Å²) < 4.78 is 10.2. The maximum atomic E-state index is 12.2. The van der Waals surface area contributed by atoms with Crippen molar-refractivity contribution >= 4 is 23.0 Å². The number of nitrogens with zero attached hydrogens (tertiary/aromatic N) is 1. The number of hydrogen-bond acceptors (Lipinski definition) is 5. The number of phenolic OH excluding ortho intramolecular Hbond substituents is 1. The molecule has 0 atom stereocenters. The minimum Gasteiger partial charge on any atom is -0.504 e. The number of ether oxygens (including phenoxy) is 2. The number of nitrogens with one attached hydrogen (secondary N) is 2. The second-order valence-corrected chi connectivity index (χ2v) is 5.23. The minimum absolute atomic E-state index is 0.000453. The fourth-order valence-corrected chi connectivity index (χ4v) is 2.44. The number of benzene rings is 2. The van der Waals surface area contributed by atoms with Gasteiger partial charge in [0.05, 0.1) is 20.4 Å². The van der Waals surface area contributed by atoms with Gasteiger partial charge in [0.15, 0.2) is 11.5 Å². The lowest BCUT2D eigenvalue weighted by Crippen LogP contribution is -2.17. The molecule has 7 heteroatoms. The van der Waals surface area contributed by atoms with Crippen molar-refractivity contribution < 1.29 is 19.4 Å².